The molecule has 0 saturated heterocycles. The first-order valence-corrected chi connectivity index (χ1v) is 6.27. The van der Waals surface area contributed by atoms with E-state index in [1.54, 1.807) is 25.3 Å². The Hall–Kier alpha value is -2.47. The van der Waals surface area contributed by atoms with Gasteiger partial charge in [0.1, 0.15) is 11.6 Å². The van der Waals surface area contributed by atoms with Gasteiger partial charge >= 0.3 is 0 Å². The van der Waals surface area contributed by atoms with Gasteiger partial charge in [-0.05, 0) is 43.7 Å². The van der Waals surface area contributed by atoms with Crippen molar-refractivity contribution in [3.05, 3.63) is 47.8 Å². The van der Waals surface area contributed by atoms with Crippen molar-refractivity contribution in [1.82, 2.24) is 15.4 Å². The Bertz CT molecular complexity index is 584. The van der Waals surface area contributed by atoms with E-state index in [9.17, 15) is 4.79 Å². The van der Waals surface area contributed by atoms with Crippen molar-refractivity contribution in [3.8, 4) is 0 Å². The zero-order valence-corrected chi connectivity index (χ0v) is 11.4. The van der Waals surface area contributed by atoms with Gasteiger partial charge in [0.25, 0.3) is 5.91 Å². The summed E-state index contributed by atoms with van der Waals surface area (Å²) in [5.74, 6) is 1.01. The molecule has 0 spiro atoms. The number of carbonyl (C=O) groups excluding carboxylic acids is 1. The number of nitrogens with one attached hydrogen (secondary N) is 2. The summed E-state index contributed by atoms with van der Waals surface area (Å²) in [6, 6.07) is 7.21. The van der Waals surface area contributed by atoms with Crippen molar-refractivity contribution in [2.24, 2.45) is 0 Å². The molecule has 20 heavy (non-hydrogen) atoms. The lowest BCUT2D eigenvalue weighted by Crippen LogP contribution is -2.23. The SMILES string of the molecule is CCONC(=O)c1ccc(Nc2cc(C)ccn2)nc1. The average Bonchev–Trinajstić information content (AvgIpc) is 2.45. The highest BCUT2D eigenvalue weighted by Gasteiger charge is 2.06. The molecule has 0 saturated carbocycles. The maximum Gasteiger partial charge on any atom is 0.276 e. The molecule has 6 heteroatoms. The lowest BCUT2D eigenvalue weighted by Gasteiger charge is -2.06. The lowest BCUT2D eigenvalue weighted by molar-refractivity contribution is 0.0364. The molecule has 2 N–H and O–H groups in total. The number of aromatic nitrogens is 2. The van der Waals surface area contributed by atoms with Crippen LogP contribution >= 0.6 is 0 Å². The predicted octanol–water partition coefficient (Wildman–Crippen LogP) is 2.21. The molecule has 0 atom stereocenters. The van der Waals surface area contributed by atoms with Gasteiger partial charge in [-0.1, -0.05) is 0 Å². The van der Waals surface area contributed by atoms with E-state index >= 15 is 0 Å². The van der Waals surface area contributed by atoms with Crippen LogP contribution in [0.25, 0.3) is 0 Å². The van der Waals surface area contributed by atoms with Crippen molar-refractivity contribution in [2.75, 3.05) is 11.9 Å². The van der Waals surface area contributed by atoms with E-state index in [0.717, 1.165) is 5.56 Å². The van der Waals surface area contributed by atoms with E-state index in [2.05, 4.69) is 20.8 Å². The number of hydrogen-bond donors (Lipinski definition) is 2. The van der Waals surface area contributed by atoms with E-state index in [1.165, 1.54) is 6.20 Å². The Morgan fingerprint density at radius 2 is 2.10 bits per heavy atom. The molecule has 1 amide bonds. The minimum Gasteiger partial charge on any atom is -0.325 e. The van der Waals surface area contributed by atoms with Gasteiger partial charge in [-0.15, -0.1) is 0 Å². The highest BCUT2D eigenvalue weighted by Crippen LogP contribution is 2.13. The Morgan fingerprint density at radius 1 is 1.25 bits per heavy atom. The van der Waals surface area contributed by atoms with Crippen LogP contribution < -0.4 is 10.8 Å². The van der Waals surface area contributed by atoms with Crippen molar-refractivity contribution < 1.29 is 9.63 Å². The van der Waals surface area contributed by atoms with Crippen LogP contribution in [0.4, 0.5) is 11.6 Å². The van der Waals surface area contributed by atoms with Crippen molar-refractivity contribution in [1.29, 1.82) is 0 Å². The molecule has 104 valence electrons. The van der Waals surface area contributed by atoms with Gasteiger partial charge in [0.2, 0.25) is 0 Å². The number of pyridine rings is 2. The average molecular weight is 272 g/mol. The summed E-state index contributed by atoms with van der Waals surface area (Å²) >= 11 is 0. The van der Waals surface area contributed by atoms with Gasteiger partial charge in [-0.2, -0.15) is 0 Å². The first-order valence-electron chi connectivity index (χ1n) is 6.27. The Morgan fingerprint density at radius 3 is 2.75 bits per heavy atom. The van der Waals surface area contributed by atoms with Crippen LogP contribution in [-0.4, -0.2) is 22.5 Å². The van der Waals surface area contributed by atoms with Crippen molar-refractivity contribution in [2.45, 2.75) is 13.8 Å². The molecule has 0 unspecified atom stereocenters. The monoisotopic (exact) mass is 272 g/mol. The van der Waals surface area contributed by atoms with Crippen LogP contribution in [0.15, 0.2) is 36.7 Å². The largest absolute Gasteiger partial charge is 0.325 e. The third kappa shape index (κ3) is 3.76. The summed E-state index contributed by atoms with van der Waals surface area (Å²) in [4.78, 5) is 24.8. The van der Waals surface area contributed by atoms with E-state index in [4.69, 9.17) is 4.84 Å². The minimum absolute atomic E-state index is 0.320. The molecule has 0 aromatic carbocycles. The summed E-state index contributed by atoms with van der Waals surface area (Å²) < 4.78 is 0. The number of anilines is 2. The number of aryl methyl sites for hydroxylation is 1. The molecule has 2 rings (SSSR count). The molecule has 2 aromatic heterocycles. The molecule has 0 radical (unpaired) electrons. The zero-order chi connectivity index (χ0) is 14.4. The van der Waals surface area contributed by atoms with Crippen LogP contribution in [0.3, 0.4) is 0 Å². The third-order valence-corrected chi connectivity index (χ3v) is 2.51. The fraction of sp³-hybridized carbons (Fsp3) is 0.214. The summed E-state index contributed by atoms with van der Waals surface area (Å²) in [5, 5.41) is 3.07. The van der Waals surface area contributed by atoms with Crippen LogP contribution in [0.1, 0.15) is 22.8 Å². The van der Waals surface area contributed by atoms with Crippen LogP contribution in [0.2, 0.25) is 0 Å². The maximum atomic E-state index is 11.6. The predicted molar refractivity (Wildman–Crippen MR) is 75.6 cm³/mol. The second-order valence-corrected chi connectivity index (χ2v) is 4.14. The second-order valence-electron chi connectivity index (χ2n) is 4.14. The zero-order valence-electron chi connectivity index (χ0n) is 11.4. The highest BCUT2D eigenvalue weighted by atomic mass is 16.6. The molecule has 0 aliphatic heterocycles. The van der Waals surface area contributed by atoms with Crippen LogP contribution in [0, 0.1) is 6.92 Å². The van der Waals surface area contributed by atoms with Crippen LogP contribution in [-0.2, 0) is 4.84 Å². The van der Waals surface area contributed by atoms with Gasteiger partial charge in [-0.25, -0.2) is 15.4 Å². The normalized spacial score (nSPS) is 10.1. The first kappa shape index (κ1) is 14.0. The topological polar surface area (TPSA) is 76.1 Å². The summed E-state index contributed by atoms with van der Waals surface area (Å²) in [6.45, 7) is 4.19. The number of hydrogen-bond acceptors (Lipinski definition) is 5. The van der Waals surface area contributed by atoms with Gasteiger partial charge < -0.3 is 5.32 Å². The van der Waals surface area contributed by atoms with Gasteiger partial charge in [-0.3, -0.25) is 9.63 Å². The molecular weight excluding hydrogens is 256 g/mol. The van der Waals surface area contributed by atoms with E-state index in [-0.39, 0.29) is 5.91 Å². The van der Waals surface area contributed by atoms with Crippen molar-refractivity contribution >= 4 is 17.5 Å². The Kier molecular flexibility index (Phi) is 4.62. The van der Waals surface area contributed by atoms with Crippen LogP contribution in [0.5, 0.6) is 0 Å². The molecule has 0 aliphatic rings. The summed E-state index contributed by atoms with van der Waals surface area (Å²) in [6.07, 6.45) is 3.20. The maximum absolute atomic E-state index is 11.6. The lowest BCUT2D eigenvalue weighted by atomic mass is 10.2. The second kappa shape index (κ2) is 6.63. The van der Waals surface area contributed by atoms with Gasteiger partial charge in [0.15, 0.2) is 0 Å². The Labute approximate surface area is 117 Å². The minimum atomic E-state index is -0.320. The number of hydroxylamine groups is 1. The fourth-order valence-electron chi connectivity index (χ4n) is 1.53. The smallest absolute Gasteiger partial charge is 0.276 e. The third-order valence-electron chi connectivity index (χ3n) is 2.51. The molecular formula is C14H16N4O2. The van der Waals surface area contributed by atoms with Gasteiger partial charge in [0.05, 0.1) is 12.2 Å². The fourth-order valence-corrected chi connectivity index (χ4v) is 1.53. The van der Waals surface area contributed by atoms with Crippen molar-refractivity contribution in [3.63, 3.8) is 0 Å². The molecule has 0 aliphatic carbocycles. The van der Waals surface area contributed by atoms with E-state index in [1.807, 2.05) is 19.1 Å². The van der Waals surface area contributed by atoms with E-state index in [0.29, 0.717) is 23.8 Å². The highest BCUT2D eigenvalue weighted by molar-refractivity contribution is 5.93. The first-order chi connectivity index (χ1) is 9.69. The van der Waals surface area contributed by atoms with E-state index < -0.39 is 0 Å². The number of nitrogens with zero attached hydrogens (tertiary/aromatic N) is 2. The van der Waals surface area contributed by atoms with Gasteiger partial charge in [0, 0.05) is 12.4 Å². The standard InChI is InChI=1S/C14H16N4O2/c1-3-20-18-14(19)11-4-5-12(16-9-11)17-13-8-10(2)6-7-15-13/h4-9H,3H2,1-2H3,(H,18,19)(H,15,16,17). The summed E-state index contributed by atoms with van der Waals surface area (Å²) in [5.41, 5.74) is 3.85. The number of carbonyl (C=O) groups is 1. The molecule has 2 heterocycles. The quantitative estimate of drug-likeness (QED) is 0.816. The Balaban J connectivity index is 2.03. The number of rotatable bonds is 5. The molecule has 0 bridgehead atoms. The molecule has 2 aromatic rings. The molecule has 6 nitrogen and oxygen atoms in total. The molecule has 0 fully saturated rings. The summed E-state index contributed by atoms with van der Waals surface area (Å²) in [7, 11) is 0. The number of amides is 1.